The number of hydrogen-bond donors (Lipinski definition) is 1. The maximum absolute atomic E-state index is 13.3. The van der Waals surface area contributed by atoms with Crippen LogP contribution < -0.4 is 5.32 Å². The SMILES string of the molecule is O=C(CCC(=O)c1ccc2c(c1)CCCC2)NCC(c1ccccc1)S(=O)(=O)c1ccc(F)cc1. The summed E-state index contributed by atoms with van der Waals surface area (Å²) in [4.78, 5) is 25.2. The minimum Gasteiger partial charge on any atom is -0.354 e. The molecule has 0 bridgehead atoms. The number of ketones is 1. The molecule has 0 fully saturated rings. The third kappa shape index (κ3) is 6.03. The molecule has 0 heterocycles. The number of amides is 1. The third-order valence-electron chi connectivity index (χ3n) is 6.42. The van der Waals surface area contributed by atoms with Crippen molar-refractivity contribution >= 4 is 21.5 Å². The molecule has 0 saturated heterocycles. The molecule has 0 aliphatic heterocycles. The van der Waals surface area contributed by atoms with Crippen LogP contribution in [0.15, 0.2) is 77.7 Å². The van der Waals surface area contributed by atoms with Gasteiger partial charge in [0, 0.05) is 24.9 Å². The van der Waals surface area contributed by atoms with Gasteiger partial charge in [0.15, 0.2) is 15.6 Å². The number of hydrogen-bond acceptors (Lipinski definition) is 4. The number of rotatable bonds is 9. The van der Waals surface area contributed by atoms with Crippen LogP contribution in [0.1, 0.15) is 58.0 Å². The van der Waals surface area contributed by atoms with Crippen LogP contribution in [0.2, 0.25) is 0 Å². The summed E-state index contributed by atoms with van der Waals surface area (Å²) in [5, 5.41) is 1.63. The van der Waals surface area contributed by atoms with E-state index in [1.165, 1.54) is 29.7 Å². The Labute approximate surface area is 205 Å². The largest absolute Gasteiger partial charge is 0.354 e. The summed E-state index contributed by atoms with van der Waals surface area (Å²) >= 11 is 0. The maximum Gasteiger partial charge on any atom is 0.220 e. The number of aryl methyl sites for hydroxylation is 2. The van der Waals surface area contributed by atoms with E-state index < -0.39 is 26.8 Å². The van der Waals surface area contributed by atoms with Crippen molar-refractivity contribution < 1.29 is 22.4 Å². The summed E-state index contributed by atoms with van der Waals surface area (Å²) in [6.45, 7) is -0.157. The van der Waals surface area contributed by atoms with Gasteiger partial charge in [-0.1, -0.05) is 42.5 Å². The molecule has 1 unspecified atom stereocenters. The monoisotopic (exact) mass is 493 g/mol. The van der Waals surface area contributed by atoms with E-state index in [0.29, 0.717) is 11.1 Å². The van der Waals surface area contributed by atoms with Gasteiger partial charge in [0.1, 0.15) is 11.1 Å². The van der Waals surface area contributed by atoms with E-state index in [4.69, 9.17) is 0 Å². The van der Waals surface area contributed by atoms with Gasteiger partial charge in [0.25, 0.3) is 0 Å². The molecule has 1 amide bonds. The van der Waals surface area contributed by atoms with Crippen LogP contribution in [0.25, 0.3) is 0 Å². The number of halogens is 1. The van der Waals surface area contributed by atoms with Crippen molar-refractivity contribution in [1.82, 2.24) is 5.32 Å². The first-order valence-electron chi connectivity index (χ1n) is 11.8. The molecule has 1 aliphatic rings. The Kier molecular flexibility index (Phi) is 7.76. The molecule has 1 atom stereocenters. The van der Waals surface area contributed by atoms with Gasteiger partial charge in [-0.2, -0.15) is 0 Å². The Balaban J connectivity index is 1.41. The summed E-state index contributed by atoms with van der Waals surface area (Å²) in [5.41, 5.74) is 3.63. The Morgan fingerprint density at radius 1 is 0.857 bits per heavy atom. The summed E-state index contributed by atoms with van der Waals surface area (Å²) in [7, 11) is -3.90. The molecule has 3 aromatic carbocycles. The van der Waals surface area contributed by atoms with E-state index in [0.717, 1.165) is 31.4 Å². The Morgan fingerprint density at radius 3 is 2.26 bits per heavy atom. The third-order valence-corrected chi connectivity index (χ3v) is 8.54. The van der Waals surface area contributed by atoms with Crippen molar-refractivity contribution in [3.05, 3.63) is 101 Å². The van der Waals surface area contributed by atoms with E-state index >= 15 is 0 Å². The molecule has 4 rings (SSSR count). The number of Topliss-reactive ketones (excluding diaryl/α,β-unsaturated/α-hetero) is 1. The first-order valence-corrected chi connectivity index (χ1v) is 13.4. The van der Waals surface area contributed by atoms with E-state index in [-0.39, 0.29) is 30.1 Å². The quantitative estimate of drug-likeness (QED) is 0.336. The van der Waals surface area contributed by atoms with Gasteiger partial charge >= 0.3 is 0 Å². The van der Waals surface area contributed by atoms with Crippen LogP contribution in [0.3, 0.4) is 0 Å². The standard InChI is InChI=1S/C28H28FNO4S/c29-24-12-14-25(15-13-24)35(33,34)27(21-7-2-1-3-8-21)19-30-28(32)17-16-26(31)23-11-10-20-6-4-5-9-22(20)18-23/h1-3,7-8,10-15,18,27H,4-6,9,16-17,19H2,(H,30,32). The van der Waals surface area contributed by atoms with Gasteiger partial charge in [0.05, 0.1) is 4.90 Å². The molecule has 7 heteroatoms. The van der Waals surface area contributed by atoms with E-state index in [9.17, 15) is 22.4 Å². The van der Waals surface area contributed by atoms with Crippen molar-refractivity contribution in [3.8, 4) is 0 Å². The minimum absolute atomic E-state index is 0.0235. The number of carbonyl (C=O) groups excluding carboxylic acids is 2. The van der Waals surface area contributed by atoms with Gasteiger partial charge in [0.2, 0.25) is 5.91 Å². The zero-order valence-electron chi connectivity index (χ0n) is 19.4. The van der Waals surface area contributed by atoms with Gasteiger partial charge in [-0.15, -0.1) is 0 Å². The highest BCUT2D eigenvalue weighted by atomic mass is 32.2. The highest BCUT2D eigenvalue weighted by Gasteiger charge is 2.29. The average Bonchev–Trinajstić information content (AvgIpc) is 2.88. The number of fused-ring (bicyclic) bond motifs is 1. The summed E-state index contributed by atoms with van der Waals surface area (Å²) < 4.78 is 39.9. The summed E-state index contributed by atoms with van der Waals surface area (Å²) in [6, 6.07) is 19.0. The van der Waals surface area contributed by atoms with Crippen molar-refractivity contribution in [2.24, 2.45) is 0 Å². The lowest BCUT2D eigenvalue weighted by molar-refractivity contribution is -0.121. The highest BCUT2D eigenvalue weighted by Crippen LogP contribution is 2.29. The van der Waals surface area contributed by atoms with Crippen molar-refractivity contribution in [2.75, 3.05) is 6.54 Å². The van der Waals surface area contributed by atoms with Gasteiger partial charge in [-0.3, -0.25) is 9.59 Å². The molecule has 0 spiro atoms. The van der Waals surface area contributed by atoms with Crippen LogP contribution in [0.4, 0.5) is 4.39 Å². The molecule has 0 radical (unpaired) electrons. The predicted octanol–water partition coefficient (Wildman–Crippen LogP) is 5.00. The number of sulfone groups is 1. The molecule has 1 N–H and O–H groups in total. The van der Waals surface area contributed by atoms with E-state index in [2.05, 4.69) is 5.32 Å². The second-order valence-electron chi connectivity index (χ2n) is 8.82. The predicted molar refractivity (Wildman–Crippen MR) is 132 cm³/mol. The first kappa shape index (κ1) is 24.8. The smallest absolute Gasteiger partial charge is 0.220 e. The normalized spacial score (nSPS) is 14.1. The fraction of sp³-hybridized carbons (Fsp3) is 0.286. The fourth-order valence-electron chi connectivity index (χ4n) is 4.44. The zero-order chi connectivity index (χ0) is 24.8. The van der Waals surface area contributed by atoms with Crippen LogP contribution in [-0.4, -0.2) is 26.7 Å². The average molecular weight is 494 g/mol. The van der Waals surface area contributed by atoms with E-state index in [1.807, 2.05) is 18.2 Å². The maximum atomic E-state index is 13.3. The Hall–Kier alpha value is -3.32. The molecule has 3 aromatic rings. The Morgan fingerprint density at radius 2 is 1.54 bits per heavy atom. The fourth-order valence-corrected chi connectivity index (χ4v) is 6.10. The minimum atomic E-state index is -3.90. The van der Waals surface area contributed by atoms with Crippen molar-refractivity contribution in [3.63, 3.8) is 0 Å². The van der Waals surface area contributed by atoms with Gasteiger partial charge in [-0.05, 0) is 72.7 Å². The number of nitrogens with one attached hydrogen (secondary N) is 1. The lowest BCUT2D eigenvalue weighted by atomic mass is 9.89. The summed E-state index contributed by atoms with van der Waals surface area (Å²) in [6.07, 6.45) is 4.31. The molecule has 182 valence electrons. The molecular formula is C28H28FNO4S. The van der Waals surface area contributed by atoms with Crippen LogP contribution in [-0.2, 0) is 27.5 Å². The van der Waals surface area contributed by atoms with Crippen molar-refractivity contribution in [1.29, 1.82) is 0 Å². The molecule has 35 heavy (non-hydrogen) atoms. The van der Waals surface area contributed by atoms with Crippen LogP contribution >= 0.6 is 0 Å². The van der Waals surface area contributed by atoms with Crippen molar-refractivity contribution in [2.45, 2.75) is 48.7 Å². The lowest BCUT2D eigenvalue weighted by Crippen LogP contribution is -2.32. The number of carbonyl (C=O) groups is 2. The van der Waals surface area contributed by atoms with Crippen LogP contribution in [0.5, 0.6) is 0 Å². The molecular weight excluding hydrogens is 465 g/mol. The highest BCUT2D eigenvalue weighted by molar-refractivity contribution is 7.91. The number of benzene rings is 3. The Bertz CT molecular complexity index is 1300. The second kappa shape index (κ2) is 11.0. The summed E-state index contributed by atoms with van der Waals surface area (Å²) in [5.74, 6) is -1.03. The molecule has 0 saturated carbocycles. The molecule has 1 aliphatic carbocycles. The first-order chi connectivity index (χ1) is 16.8. The van der Waals surface area contributed by atoms with Crippen LogP contribution in [0, 0.1) is 5.82 Å². The van der Waals surface area contributed by atoms with Gasteiger partial charge in [-0.25, -0.2) is 12.8 Å². The zero-order valence-corrected chi connectivity index (χ0v) is 20.2. The molecule has 0 aromatic heterocycles. The van der Waals surface area contributed by atoms with E-state index in [1.54, 1.807) is 30.3 Å². The molecule has 5 nitrogen and oxygen atoms in total. The van der Waals surface area contributed by atoms with Gasteiger partial charge < -0.3 is 5.32 Å². The topological polar surface area (TPSA) is 80.3 Å². The lowest BCUT2D eigenvalue weighted by Gasteiger charge is -2.19. The second-order valence-corrected chi connectivity index (χ2v) is 10.9.